The van der Waals surface area contributed by atoms with Crippen LogP contribution >= 0.6 is 0 Å². The van der Waals surface area contributed by atoms with E-state index in [1.807, 2.05) is 25.6 Å². The van der Waals surface area contributed by atoms with Gasteiger partial charge in [0.25, 0.3) is 0 Å². The summed E-state index contributed by atoms with van der Waals surface area (Å²) < 4.78 is 1.98. The zero-order valence-electron chi connectivity index (χ0n) is 14.7. The van der Waals surface area contributed by atoms with E-state index in [0.29, 0.717) is 6.54 Å². The molecule has 0 spiro atoms. The minimum absolute atomic E-state index is 0.600. The topological polar surface area (TPSA) is 58.3 Å². The zero-order chi connectivity index (χ0) is 16.8. The van der Waals surface area contributed by atoms with Gasteiger partial charge in [0.15, 0.2) is 11.8 Å². The standard InChI is InChI=1S/C17H26N6/c1-6-14-7-9-15(10-8-14)12-22(4)17(18-3)19-11-16-21-20-13(2)23(16)5/h7-10H,6,11-12H2,1-5H3,(H,18,19). The van der Waals surface area contributed by atoms with Crippen LogP contribution in [0.15, 0.2) is 29.3 Å². The summed E-state index contributed by atoms with van der Waals surface area (Å²) in [6.07, 6.45) is 1.07. The molecular weight excluding hydrogens is 288 g/mol. The molecule has 1 aromatic heterocycles. The first kappa shape index (κ1) is 17.0. The molecule has 0 amide bonds. The first-order valence-corrected chi connectivity index (χ1v) is 7.89. The summed E-state index contributed by atoms with van der Waals surface area (Å²) in [7, 11) is 5.79. The van der Waals surface area contributed by atoms with E-state index < -0.39 is 0 Å². The van der Waals surface area contributed by atoms with Gasteiger partial charge in [0.05, 0.1) is 6.54 Å². The Kier molecular flexibility index (Phi) is 5.73. The van der Waals surface area contributed by atoms with Crippen LogP contribution in [0.4, 0.5) is 0 Å². The van der Waals surface area contributed by atoms with E-state index in [9.17, 15) is 0 Å². The summed E-state index contributed by atoms with van der Waals surface area (Å²) in [6.45, 7) is 5.52. The van der Waals surface area contributed by atoms with Gasteiger partial charge in [-0.05, 0) is 24.5 Å². The summed E-state index contributed by atoms with van der Waals surface area (Å²) in [5.74, 6) is 2.63. The molecule has 1 aromatic carbocycles. The van der Waals surface area contributed by atoms with Gasteiger partial charge >= 0.3 is 0 Å². The second-order valence-electron chi connectivity index (χ2n) is 5.65. The van der Waals surface area contributed by atoms with E-state index in [1.165, 1.54) is 11.1 Å². The van der Waals surface area contributed by atoms with E-state index in [-0.39, 0.29) is 0 Å². The molecular formula is C17H26N6. The molecule has 0 aliphatic rings. The van der Waals surface area contributed by atoms with Gasteiger partial charge in [-0.25, -0.2) is 0 Å². The maximum absolute atomic E-state index is 4.34. The molecule has 2 rings (SSSR count). The van der Waals surface area contributed by atoms with Crippen molar-refractivity contribution in [2.45, 2.75) is 33.4 Å². The summed E-state index contributed by atoms with van der Waals surface area (Å²) in [5, 5.41) is 11.6. The minimum Gasteiger partial charge on any atom is -0.349 e. The van der Waals surface area contributed by atoms with Crippen molar-refractivity contribution in [2.24, 2.45) is 12.0 Å². The molecule has 6 heteroatoms. The first-order chi connectivity index (χ1) is 11.0. The van der Waals surface area contributed by atoms with Crippen LogP contribution in [-0.4, -0.2) is 39.7 Å². The summed E-state index contributed by atoms with van der Waals surface area (Å²) >= 11 is 0. The fourth-order valence-corrected chi connectivity index (χ4v) is 2.38. The van der Waals surface area contributed by atoms with Crippen molar-refractivity contribution in [3.8, 4) is 0 Å². The highest BCUT2D eigenvalue weighted by molar-refractivity contribution is 5.79. The van der Waals surface area contributed by atoms with E-state index in [0.717, 1.165) is 30.6 Å². The Bertz CT molecular complexity index is 656. The molecule has 0 unspecified atom stereocenters. The Morgan fingerprint density at radius 2 is 1.87 bits per heavy atom. The van der Waals surface area contributed by atoms with Crippen molar-refractivity contribution in [2.75, 3.05) is 14.1 Å². The average molecular weight is 314 g/mol. The minimum atomic E-state index is 0.600. The van der Waals surface area contributed by atoms with Crippen molar-refractivity contribution in [1.82, 2.24) is 25.0 Å². The van der Waals surface area contributed by atoms with Gasteiger partial charge in [-0.3, -0.25) is 4.99 Å². The summed E-state index contributed by atoms with van der Waals surface area (Å²) in [4.78, 5) is 6.44. The molecule has 0 radical (unpaired) electrons. The van der Waals surface area contributed by atoms with Gasteiger partial charge in [0.2, 0.25) is 0 Å². The lowest BCUT2D eigenvalue weighted by atomic mass is 10.1. The smallest absolute Gasteiger partial charge is 0.194 e. The summed E-state index contributed by atoms with van der Waals surface area (Å²) in [6, 6.07) is 8.71. The number of benzene rings is 1. The third-order valence-corrected chi connectivity index (χ3v) is 4.01. The Morgan fingerprint density at radius 3 is 2.39 bits per heavy atom. The molecule has 0 aliphatic heterocycles. The van der Waals surface area contributed by atoms with Crippen LogP contribution in [0.25, 0.3) is 0 Å². The van der Waals surface area contributed by atoms with Gasteiger partial charge in [0, 0.05) is 27.7 Å². The van der Waals surface area contributed by atoms with Crippen LogP contribution in [-0.2, 0) is 26.6 Å². The largest absolute Gasteiger partial charge is 0.349 e. The van der Waals surface area contributed by atoms with Gasteiger partial charge in [-0.1, -0.05) is 31.2 Å². The Morgan fingerprint density at radius 1 is 1.22 bits per heavy atom. The fourth-order valence-electron chi connectivity index (χ4n) is 2.38. The van der Waals surface area contributed by atoms with E-state index in [1.54, 1.807) is 7.05 Å². The summed E-state index contributed by atoms with van der Waals surface area (Å²) in [5.41, 5.74) is 2.62. The normalized spacial score (nSPS) is 11.6. The lowest BCUT2D eigenvalue weighted by Crippen LogP contribution is -2.38. The van der Waals surface area contributed by atoms with Crippen LogP contribution in [0.3, 0.4) is 0 Å². The molecule has 0 saturated carbocycles. The number of aryl methyl sites for hydroxylation is 2. The van der Waals surface area contributed by atoms with Gasteiger partial charge in [-0.2, -0.15) is 0 Å². The zero-order valence-corrected chi connectivity index (χ0v) is 14.7. The Balaban J connectivity index is 1.95. The van der Waals surface area contributed by atoms with E-state index >= 15 is 0 Å². The van der Waals surface area contributed by atoms with Crippen molar-refractivity contribution in [1.29, 1.82) is 0 Å². The van der Waals surface area contributed by atoms with Crippen molar-refractivity contribution in [3.05, 3.63) is 47.0 Å². The number of aliphatic imine (C=N–C) groups is 1. The van der Waals surface area contributed by atoms with Gasteiger partial charge in [0.1, 0.15) is 5.82 Å². The molecule has 124 valence electrons. The molecule has 23 heavy (non-hydrogen) atoms. The molecule has 1 N–H and O–H groups in total. The molecule has 6 nitrogen and oxygen atoms in total. The highest BCUT2D eigenvalue weighted by atomic mass is 15.3. The lowest BCUT2D eigenvalue weighted by Gasteiger charge is -2.22. The van der Waals surface area contributed by atoms with Gasteiger partial charge < -0.3 is 14.8 Å². The molecule has 0 aliphatic carbocycles. The van der Waals surface area contributed by atoms with E-state index in [4.69, 9.17) is 0 Å². The number of nitrogens with one attached hydrogen (secondary N) is 1. The molecule has 0 fully saturated rings. The van der Waals surface area contributed by atoms with E-state index in [2.05, 4.69) is 56.6 Å². The average Bonchev–Trinajstić information content (AvgIpc) is 2.88. The third-order valence-electron chi connectivity index (χ3n) is 4.01. The van der Waals surface area contributed by atoms with Gasteiger partial charge in [-0.15, -0.1) is 10.2 Å². The number of aromatic nitrogens is 3. The second kappa shape index (κ2) is 7.76. The SMILES string of the molecule is CCc1ccc(CN(C)C(=NC)NCc2nnc(C)n2C)cc1. The second-order valence-corrected chi connectivity index (χ2v) is 5.65. The predicted molar refractivity (Wildman–Crippen MR) is 93.2 cm³/mol. The van der Waals surface area contributed by atoms with Crippen LogP contribution in [0.5, 0.6) is 0 Å². The van der Waals surface area contributed by atoms with Crippen LogP contribution in [0.1, 0.15) is 29.7 Å². The maximum atomic E-state index is 4.34. The Labute approximate surface area is 138 Å². The molecule has 2 aromatic rings. The predicted octanol–water partition coefficient (Wildman–Crippen LogP) is 1.89. The lowest BCUT2D eigenvalue weighted by molar-refractivity contribution is 0.474. The van der Waals surface area contributed by atoms with Crippen molar-refractivity contribution in [3.63, 3.8) is 0 Å². The third kappa shape index (κ3) is 4.31. The maximum Gasteiger partial charge on any atom is 0.194 e. The van der Waals surface area contributed by atoms with Crippen LogP contribution < -0.4 is 5.32 Å². The van der Waals surface area contributed by atoms with Crippen molar-refractivity contribution < 1.29 is 0 Å². The number of guanidine groups is 1. The number of hydrogen-bond acceptors (Lipinski definition) is 3. The van der Waals surface area contributed by atoms with Crippen LogP contribution in [0.2, 0.25) is 0 Å². The van der Waals surface area contributed by atoms with Crippen molar-refractivity contribution >= 4 is 5.96 Å². The Hall–Kier alpha value is -2.37. The quantitative estimate of drug-likeness (QED) is 0.676. The number of rotatable bonds is 5. The highest BCUT2D eigenvalue weighted by Crippen LogP contribution is 2.07. The first-order valence-electron chi connectivity index (χ1n) is 7.89. The fraction of sp³-hybridized carbons (Fsp3) is 0.471. The van der Waals surface area contributed by atoms with Crippen LogP contribution in [0, 0.1) is 6.92 Å². The number of nitrogens with zero attached hydrogens (tertiary/aromatic N) is 5. The molecule has 1 heterocycles. The monoisotopic (exact) mass is 314 g/mol. The molecule has 0 atom stereocenters. The number of hydrogen-bond donors (Lipinski definition) is 1. The molecule has 0 saturated heterocycles. The highest BCUT2D eigenvalue weighted by Gasteiger charge is 2.09. The molecule has 0 bridgehead atoms.